The molecule has 4 nitrogen and oxygen atoms in total. The first-order valence-electron chi connectivity index (χ1n) is 5.22. The third-order valence-corrected chi connectivity index (χ3v) is 2.21. The smallest absolute Gasteiger partial charge is 0.236 e. The Morgan fingerprint density at radius 2 is 2.27 bits per heavy atom. The van der Waals surface area contributed by atoms with Gasteiger partial charge in [0, 0.05) is 6.54 Å². The first kappa shape index (κ1) is 11.8. The molecule has 0 saturated carbocycles. The predicted octanol–water partition coefficient (Wildman–Crippen LogP) is 1.45. The monoisotopic (exact) mass is 210 g/mol. The molecule has 84 valence electrons. The van der Waals surface area contributed by atoms with Crippen LogP contribution in [0.4, 0.5) is 0 Å². The van der Waals surface area contributed by atoms with Crippen LogP contribution in [0.15, 0.2) is 22.8 Å². The van der Waals surface area contributed by atoms with Gasteiger partial charge in [-0.3, -0.25) is 10.1 Å². The highest BCUT2D eigenvalue weighted by Crippen LogP contribution is 2.12. The summed E-state index contributed by atoms with van der Waals surface area (Å²) < 4.78 is 5.24. The molecule has 0 saturated heterocycles. The Morgan fingerprint density at radius 1 is 1.53 bits per heavy atom. The molecule has 0 aliphatic rings. The van der Waals surface area contributed by atoms with Crippen LogP contribution in [0.5, 0.6) is 0 Å². The Labute approximate surface area is 90.0 Å². The van der Waals surface area contributed by atoms with E-state index in [0.717, 1.165) is 5.76 Å². The van der Waals surface area contributed by atoms with E-state index in [1.165, 1.54) is 0 Å². The molecule has 2 N–H and O–H groups in total. The Kier molecular flexibility index (Phi) is 4.37. The third-order valence-electron chi connectivity index (χ3n) is 2.21. The van der Waals surface area contributed by atoms with E-state index in [9.17, 15) is 4.79 Å². The number of amides is 1. The van der Waals surface area contributed by atoms with Gasteiger partial charge in [0.05, 0.1) is 18.3 Å². The molecule has 4 heteroatoms. The molecule has 2 unspecified atom stereocenters. The maximum atomic E-state index is 11.4. The van der Waals surface area contributed by atoms with Gasteiger partial charge in [-0.25, -0.2) is 0 Å². The average molecular weight is 210 g/mol. The van der Waals surface area contributed by atoms with Crippen LogP contribution in [0.3, 0.4) is 0 Å². The molecular weight excluding hydrogens is 192 g/mol. The van der Waals surface area contributed by atoms with Crippen molar-refractivity contribution in [2.75, 3.05) is 6.54 Å². The normalized spacial score (nSPS) is 14.6. The summed E-state index contributed by atoms with van der Waals surface area (Å²) in [6.45, 7) is 6.36. The van der Waals surface area contributed by atoms with Crippen LogP contribution in [0.25, 0.3) is 0 Å². The third kappa shape index (κ3) is 3.40. The molecule has 1 aromatic rings. The Bertz CT molecular complexity index is 296. The highest BCUT2D eigenvalue weighted by molar-refractivity contribution is 5.81. The Morgan fingerprint density at radius 3 is 2.80 bits per heavy atom. The summed E-state index contributed by atoms with van der Waals surface area (Å²) in [6, 6.07) is 3.55. The molecule has 1 amide bonds. The van der Waals surface area contributed by atoms with E-state index in [1.807, 2.05) is 32.9 Å². The minimum atomic E-state index is -0.218. The van der Waals surface area contributed by atoms with Crippen molar-refractivity contribution in [3.8, 4) is 0 Å². The SMILES string of the molecule is CCNC(=O)C(C)NC(C)c1ccco1. The van der Waals surface area contributed by atoms with Crippen molar-refractivity contribution in [1.29, 1.82) is 0 Å². The second-order valence-electron chi connectivity index (χ2n) is 3.52. The molecule has 0 spiro atoms. The van der Waals surface area contributed by atoms with Crippen LogP contribution in [-0.4, -0.2) is 18.5 Å². The minimum absolute atomic E-state index is 0.0101. The van der Waals surface area contributed by atoms with Crippen molar-refractivity contribution in [2.24, 2.45) is 0 Å². The standard InChI is InChI=1S/C11H18N2O2/c1-4-12-11(14)9(3)13-8(2)10-6-5-7-15-10/h5-9,13H,4H2,1-3H3,(H,12,14). The highest BCUT2D eigenvalue weighted by Gasteiger charge is 2.16. The molecule has 1 rings (SSSR count). The fraction of sp³-hybridized carbons (Fsp3) is 0.545. The minimum Gasteiger partial charge on any atom is -0.468 e. The lowest BCUT2D eigenvalue weighted by Crippen LogP contribution is -2.42. The summed E-state index contributed by atoms with van der Waals surface area (Å²) in [6.07, 6.45) is 1.63. The summed E-state index contributed by atoms with van der Waals surface area (Å²) >= 11 is 0. The number of hydrogen-bond acceptors (Lipinski definition) is 3. The van der Waals surface area contributed by atoms with Gasteiger partial charge in [0.15, 0.2) is 0 Å². The fourth-order valence-corrected chi connectivity index (χ4v) is 1.40. The zero-order chi connectivity index (χ0) is 11.3. The maximum absolute atomic E-state index is 11.4. The second kappa shape index (κ2) is 5.56. The van der Waals surface area contributed by atoms with E-state index in [-0.39, 0.29) is 18.0 Å². The first-order valence-corrected chi connectivity index (χ1v) is 5.22. The zero-order valence-corrected chi connectivity index (χ0v) is 9.41. The van der Waals surface area contributed by atoms with Crippen molar-refractivity contribution >= 4 is 5.91 Å². The lowest BCUT2D eigenvalue weighted by Gasteiger charge is -2.17. The van der Waals surface area contributed by atoms with Gasteiger partial charge in [-0.2, -0.15) is 0 Å². The fourth-order valence-electron chi connectivity index (χ4n) is 1.40. The van der Waals surface area contributed by atoms with Crippen molar-refractivity contribution < 1.29 is 9.21 Å². The number of rotatable bonds is 5. The van der Waals surface area contributed by atoms with E-state index < -0.39 is 0 Å². The Hall–Kier alpha value is -1.29. The van der Waals surface area contributed by atoms with Gasteiger partial charge in [0.1, 0.15) is 5.76 Å². The molecule has 15 heavy (non-hydrogen) atoms. The molecule has 0 aliphatic heterocycles. The van der Waals surface area contributed by atoms with E-state index >= 15 is 0 Å². The van der Waals surface area contributed by atoms with Crippen LogP contribution in [0.1, 0.15) is 32.6 Å². The van der Waals surface area contributed by atoms with E-state index in [1.54, 1.807) is 6.26 Å². The van der Waals surface area contributed by atoms with Crippen LogP contribution in [0, 0.1) is 0 Å². The number of furan rings is 1. The highest BCUT2D eigenvalue weighted by atomic mass is 16.3. The molecule has 0 bridgehead atoms. The quantitative estimate of drug-likeness (QED) is 0.773. The van der Waals surface area contributed by atoms with Crippen LogP contribution >= 0.6 is 0 Å². The predicted molar refractivity (Wildman–Crippen MR) is 58.4 cm³/mol. The zero-order valence-electron chi connectivity index (χ0n) is 9.41. The molecule has 0 aliphatic carbocycles. The summed E-state index contributed by atoms with van der Waals surface area (Å²) in [5.41, 5.74) is 0. The molecule has 0 aromatic carbocycles. The lowest BCUT2D eigenvalue weighted by molar-refractivity contribution is -0.122. The molecular formula is C11H18N2O2. The number of likely N-dealkylation sites (N-methyl/N-ethyl adjacent to an activating group) is 1. The molecule has 0 fully saturated rings. The summed E-state index contributed by atoms with van der Waals surface area (Å²) in [4.78, 5) is 11.4. The van der Waals surface area contributed by atoms with Crippen molar-refractivity contribution in [1.82, 2.24) is 10.6 Å². The molecule has 2 atom stereocenters. The van der Waals surface area contributed by atoms with Gasteiger partial charge >= 0.3 is 0 Å². The average Bonchev–Trinajstić information content (AvgIpc) is 2.70. The van der Waals surface area contributed by atoms with Crippen LogP contribution in [0.2, 0.25) is 0 Å². The first-order chi connectivity index (χ1) is 7.15. The number of carbonyl (C=O) groups is 1. The Balaban J connectivity index is 2.44. The van der Waals surface area contributed by atoms with Gasteiger partial charge < -0.3 is 9.73 Å². The van der Waals surface area contributed by atoms with E-state index in [4.69, 9.17) is 4.42 Å². The largest absolute Gasteiger partial charge is 0.468 e. The second-order valence-corrected chi connectivity index (χ2v) is 3.52. The maximum Gasteiger partial charge on any atom is 0.236 e. The van der Waals surface area contributed by atoms with E-state index in [0.29, 0.717) is 6.54 Å². The summed E-state index contributed by atoms with van der Waals surface area (Å²) in [5, 5.41) is 5.92. The number of carbonyl (C=O) groups excluding carboxylic acids is 1. The van der Waals surface area contributed by atoms with Crippen LogP contribution in [-0.2, 0) is 4.79 Å². The van der Waals surface area contributed by atoms with Gasteiger partial charge in [-0.1, -0.05) is 0 Å². The molecule has 0 radical (unpaired) electrons. The topological polar surface area (TPSA) is 54.3 Å². The van der Waals surface area contributed by atoms with Crippen molar-refractivity contribution in [2.45, 2.75) is 32.9 Å². The van der Waals surface area contributed by atoms with Crippen molar-refractivity contribution in [3.63, 3.8) is 0 Å². The van der Waals surface area contributed by atoms with Crippen molar-refractivity contribution in [3.05, 3.63) is 24.2 Å². The molecule has 1 heterocycles. The van der Waals surface area contributed by atoms with Crippen LogP contribution < -0.4 is 10.6 Å². The molecule has 1 aromatic heterocycles. The summed E-state index contributed by atoms with van der Waals surface area (Å²) in [7, 11) is 0. The van der Waals surface area contributed by atoms with E-state index in [2.05, 4.69) is 10.6 Å². The number of hydrogen-bond donors (Lipinski definition) is 2. The van der Waals surface area contributed by atoms with Gasteiger partial charge in [-0.05, 0) is 32.9 Å². The summed E-state index contributed by atoms with van der Waals surface area (Å²) in [5.74, 6) is 0.849. The van der Waals surface area contributed by atoms with Gasteiger partial charge in [0.2, 0.25) is 5.91 Å². The lowest BCUT2D eigenvalue weighted by atomic mass is 10.2. The van der Waals surface area contributed by atoms with Gasteiger partial charge in [0.25, 0.3) is 0 Å². The van der Waals surface area contributed by atoms with Gasteiger partial charge in [-0.15, -0.1) is 0 Å². The number of nitrogens with one attached hydrogen (secondary N) is 2.